The van der Waals surface area contributed by atoms with E-state index in [1.165, 1.54) is 63.8 Å². The van der Waals surface area contributed by atoms with Gasteiger partial charge < -0.3 is 5.32 Å². The summed E-state index contributed by atoms with van der Waals surface area (Å²) in [5.74, 6) is 0. The zero-order chi connectivity index (χ0) is 14.4. The lowest BCUT2D eigenvalue weighted by atomic mass is 9.73. The van der Waals surface area contributed by atoms with Crippen LogP contribution in [0.4, 0.5) is 0 Å². The molecular weight excluding hydrogens is 256 g/mol. The van der Waals surface area contributed by atoms with Crippen molar-refractivity contribution >= 4 is 6.08 Å². The van der Waals surface area contributed by atoms with Gasteiger partial charge in [-0.05, 0) is 69.3 Å². The Morgan fingerprint density at radius 3 is 2.62 bits per heavy atom. The highest BCUT2D eigenvalue weighted by atomic mass is 15.1. The molecule has 0 radical (unpaired) electrons. The molecule has 0 atom stereocenters. The molecule has 2 fully saturated rings. The first-order valence-corrected chi connectivity index (χ1v) is 8.51. The second-order valence-electron chi connectivity index (χ2n) is 6.72. The molecule has 2 aliphatic heterocycles. The average Bonchev–Trinajstić information content (AvgIpc) is 2.72. The fourth-order valence-electron chi connectivity index (χ4n) is 3.85. The summed E-state index contributed by atoms with van der Waals surface area (Å²) in [6.07, 6.45) is 11.6. The molecule has 2 nitrogen and oxygen atoms in total. The van der Waals surface area contributed by atoms with Gasteiger partial charge in [0.2, 0.25) is 0 Å². The molecule has 2 heterocycles. The number of benzene rings is 1. The lowest BCUT2D eigenvalue weighted by molar-refractivity contribution is 0.170. The summed E-state index contributed by atoms with van der Waals surface area (Å²) < 4.78 is 0. The predicted octanol–water partition coefficient (Wildman–Crippen LogP) is 3.56. The monoisotopic (exact) mass is 284 g/mol. The van der Waals surface area contributed by atoms with Crippen molar-refractivity contribution < 1.29 is 0 Å². The van der Waals surface area contributed by atoms with E-state index >= 15 is 0 Å². The molecular formula is C19H28N2. The van der Waals surface area contributed by atoms with Gasteiger partial charge in [0, 0.05) is 6.54 Å². The Morgan fingerprint density at radius 1 is 1.00 bits per heavy atom. The largest absolute Gasteiger partial charge is 0.317 e. The Morgan fingerprint density at radius 2 is 1.81 bits per heavy atom. The maximum atomic E-state index is 3.52. The van der Waals surface area contributed by atoms with Crippen molar-refractivity contribution in [3.05, 3.63) is 42.0 Å². The van der Waals surface area contributed by atoms with Crippen molar-refractivity contribution in [2.75, 3.05) is 32.7 Å². The molecule has 0 amide bonds. The Bertz CT molecular complexity index is 446. The van der Waals surface area contributed by atoms with Gasteiger partial charge in [-0.2, -0.15) is 0 Å². The Hall–Kier alpha value is -1.12. The fourth-order valence-corrected chi connectivity index (χ4v) is 3.85. The van der Waals surface area contributed by atoms with E-state index in [-0.39, 0.29) is 0 Å². The van der Waals surface area contributed by atoms with Crippen LogP contribution in [0.3, 0.4) is 0 Å². The zero-order valence-corrected chi connectivity index (χ0v) is 13.1. The molecule has 1 aromatic carbocycles. The van der Waals surface area contributed by atoms with Crippen LogP contribution in [0.2, 0.25) is 0 Å². The van der Waals surface area contributed by atoms with Crippen molar-refractivity contribution in [2.24, 2.45) is 5.41 Å². The number of likely N-dealkylation sites (tertiary alicyclic amines) is 1. The van der Waals surface area contributed by atoms with E-state index in [0.717, 1.165) is 6.54 Å². The molecule has 2 aliphatic rings. The third kappa shape index (κ3) is 4.18. The minimum absolute atomic E-state index is 0.656. The van der Waals surface area contributed by atoms with Gasteiger partial charge in [-0.3, -0.25) is 4.90 Å². The van der Waals surface area contributed by atoms with E-state index in [2.05, 4.69) is 52.7 Å². The lowest BCUT2D eigenvalue weighted by Crippen LogP contribution is -2.37. The van der Waals surface area contributed by atoms with Gasteiger partial charge in [-0.25, -0.2) is 0 Å². The number of nitrogens with one attached hydrogen (secondary N) is 1. The Kier molecular flexibility index (Phi) is 5.10. The van der Waals surface area contributed by atoms with Crippen molar-refractivity contribution in [1.29, 1.82) is 0 Å². The van der Waals surface area contributed by atoms with Crippen molar-refractivity contribution in [1.82, 2.24) is 10.2 Å². The first kappa shape index (κ1) is 14.8. The van der Waals surface area contributed by atoms with Crippen LogP contribution in [0.1, 0.15) is 37.7 Å². The van der Waals surface area contributed by atoms with Gasteiger partial charge >= 0.3 is 0 Å². The number of hydrogen-bond acceptors (Lipinski definition) is 2. The van der Waals surface area contributed by atoms with Gasteiger partial charge in [0.1, 0.15) is 0 Å². The van der Waals surface area contributed by atoms with Gasteiger partial charge in [-0.15, -0.1) is 0 Å². The number of hydrogen-bond donors (Lipinski definition) is 1. The SMILES string of the molecule is C(=C\c1ccccc1)/CN1CCCC2(CCNCC2)CC1. The molecule has 1 spiro atoms. The molecule has 21 heavy (non-hydrogen) atoms. The topological polar surface area (TPSA) is 15.3 Å². The van der Waals surface area contributed by atoms with Crippen molar-refractivity contribution in [2.45, 2.75) is 32.1 Å². The van der Waals surface area contributed by atoms with Gasteiger partial charge in [-0.1, -0.05) is 42.5 Å². The maximum Gasteiger partial charge on any atom is 0.0166 e. The van der Waals surface area contributed by atoms with E-state index in [1.54, 1.807) is 0 Å². The molecule has 114 valence electrons. The first-order valence-electron chi connectivity index (χ1n) is 8.51. The molecule has 3 rings (SSSR count). The Labute approximate surface area is 129 Å². The first-order chi connectivity index (χ1) is 10.4. The number of piperidine rings is 1. The molecule has 0 aliphatic carbocycles. The van der Waals surface area contributed by atoms with Gasteiger partial charge in [0.05, 0.1) is 0 Å². The van der Waals surface area contributed by atoms with Crippen LogP contribution in [-0.2, 0) is 0 Å². The highest BCUT2D eigenvalue weighted by molar-refractivity contribution is 5.48. The van der Waals surface area contributed by atoms with E-state index in [4.69, 9.17) is 0 Å². The van der Waals surface area contributed by atoms with Gasteiger partial charge in [0.25, 0.3) is 0 Å². The quantitative estimate of drug-likeness (QED) is 0.913. The minimum atomic E-state index is 0.656. The fraction of sp³-hybridized carbons (Fsp3) is 0.579. The molecule has 2 saturated heterocycles. The van der Waals surface area contributed by atoms with Crippen LogP contribution >= 0.6 is 0 Å². The highest BCUT2D eigenvalue weighted by Crippen LogP contribution is 2.39. The number of nitrogens with zero attached hydrogens (tertiary/aromatic N) is 1. The molecule has 0 aromatic heterocycles. The highest BCUT2D eigenvalue weighted by Gasteiger charge is 2.33. The summed E-state index contributed by atoms with van der Waals surface area (Å²) in [7, 11) is 0. The summed E-state index contributed by atoms with van der Waals surface area (Å²) in [5.41, 5.74) is 1.96. The molecule has 1 N–H and O–H groups in total. The molecule has 2 heteroatoms. The van der Waals surface area contributed by atoms with E-state index in [9.17, 15) is 0 Å². The molecule has 0 unspecified atom stereocenters. The standard InChI is InChI=1S/C19H28N2/c1-2-6-18(7-3-1)8-4-15-21-16-5-9-19(12-17-21)10-13-20-14-11-19/h1-4,6-8,20H,5,9-17H2/b8-4+. The normalized spacial score (nSPS) is 23.4. The van der Waals surface area contributed by atoms with Crippen LogP contribution in [-0.4, -0.2) is 37.6 Å². The molecule has 1 aromatic rings. The zero-order valence-electron chi connectivity index (χ0n) is 13.1. The second kappa shape index (κ2) is 7.24. The summed E-state index contributed by atoms with van der Waals surface area (Å²) in [6, 6.07) is 10.6. The van der Waals surface area contributed by atoms with E-state index in [0.29, 0.717) is 5.41 Å². The summed E-state index contributed by atoms with van der Waals surface area (Å²) in [6.45, 7) is 6.11. The third-order valence-electron chi connectivity index (χ3n) is 5.28. The van der Waals surface area contributed by atoms with Crippen molar-refractivity contribution in [3.63, 3.8) is 0 Å². The van der Waals surface area contributed by atoms with Crippen LogP contribution < -0.4 is 5.32 Å². The van der Waals surface area contributed by atoms with Crippen LogP contribution in [0.25, 0.3) is 6.08 Å². The van der Waals surface area contributed by atoms with Crippen molar-refractivity contribution in [3.8, 4) is 0 Å². The average molecular weight is 284 g/mol. The van der Waals surface area contributed by atoms with Crippen LogP contribution in [0.5, 0.6) is 0 Å². The van der Waals surface area contributed by atoms with Crippen LogP contribution in [0.15, 0.2) is 36.4 Å². The minimum Gasteiger partial charge on any atom is -0.317 e. The predicted molar refractivity (Wildman–Crippen MR) is 90.3 cm³/mol. The third-order valence-corrected chi connectivity index (χ3v) is 5.28. The van der Waals surface area contributed by atoms with E-state index in [1.807, 2.05) is 0 Å². The summed E-state index contributed by atoms with van der Waals surface area (Å²) >= 11 is 0. The van der Waals surface area contributed by atoms with Crippen LogP contribution in [0, 0.1) is 5.41 Å². The maximum absolute atomic E-state index is 3.52. The molecule has 0 bridgehead atoms. The summed E-state index contributed by atoms with van der Waals surface area (Å²) in [5, 5.41) is 3.52. The summed E-state index contributed by atoms with van der Waals surface area (Å²) in [4.78, 5) is 2.64. The molecule has 0 saturated carbocycles. The smallest absolute Gasteiger partial charge is 0.0166 e. The van der Waals surface area contributed by atoms with E-state index < -0.39 is 0 Å². The van der Waals surface area contributed by atoms with Gasteiger partial charge in [0.15, 0.2) is 0 Å². The Balaban J connectivity index is 1.50. The number of rotatable bonds is 3. The second-order valence-corrected chi connectivity index (χ2v) is 6.72. The lowest BCUT2D eigenvalue weighted by Gasteiger charge is -2.37.